The summed E-state index contributed by atoms with van der Waals surface area (Å²) in [5, 5.41) is 0. The molecule has 0 radical (unpaired) electrons. The van der Waals surface area contributed by atoms with Gasteiger partial charge in [0.05, 0.1) is 0 Å². The second-order valence-electron chi connectivity index (χ2n) is 7.49. The van der Waals surface area contributed by atoms with E-state index in [1.807, 2.05) is 0 Å². The van der Waals surface area contributed by atoms with E-state index in [4.69, 9.17) is 0 Å². The van der Waals surface area contributed by atoms with Crippen molar-refractivity contribution in [1.29, 1.82) is 0 Å². The standard InChI is InChI=1S/C20H37N3/c1-18(2)20-11-9-19(10-12-20)17-23(15-7-13-21(3)4)16-8-14-22(5)6/h9-12,18H,7-8,13-17H2,1-6H3. The third-order valence-electron chi connectivity index (χ3n) is 4.21. The van der Waals surface area contributed by atoms with Crippen LogP contribution in [0.4, 0.5) is 0 Å². The highest BCUT2D eigenvalue weighted by Crippen LogP contribution is 2.16. The van der Waals surface area contributed by atoms with Crippen LogP contribution in [0.25, 0.3) is 0 Å². The van der Waals surface area contributed by atoms with Crippen molar-refractivity contribution < 1.29 is 0 Å². The quantitative estimate of drug-likeness (QED) is 0.618. The minimum absolute atomic E-state index is 0.611. The molecule has 0 aliphatic carbocycles. The highest BCUT2D eigenvalue weighted by atomic mass is 15.1. The normalized spacial score (nSPS) is 12.1. The predicted molar refractivity (Wildman–Crippen MR) is 102 cm³/mol. The summed E-state index contributed by atoms with van der Waals surface area (Å²) < 4.78 is 0. The Bertz CT molecular complexity index is 395. The van der Waals surface area contributed by atoms with Gasteiger partial charge in [-0.15, -0.1) is 0 Å². The lowest BCUT2D eigenvalue weighted by Gasteiger charge is -2.24. The first-order valence-electron chi connectivity index (χ1n) is 8.99. The number of benzene rings is 1. The van der Waals surface area contributed by atoms with Crippen LogP contribution in [-0.4, -0.2) is 69.1 Å². The van der Waals surface area contributed by atoms with Gasteiger partial charge >= 0.3 is 0 Å². The molecule has 3 nitrogen and oxygen atoms in total. The molecule has 1 rings (SSSR count). The largest absolute Gasteiger partial charge is 0.309 e. The summed E-state index contributed by atoms with van der Waals surface area (Å²) in [6, 6.07) is 9.19. The maximum atomic E-state index is 2.61. The van der Waals surface area contributed by atoms with E-state index in [0.717, 1.165) is 19.6 Å². The second-order valence-corrected chi connectivity index (χ2v) is 7.49. The van der Waals surface area contributed by atoms with Crippen molar-refractivity contribution in [2.24, 2.45) is 0 Å². The Kier molecular flexibility index (Phi) is 9.46. The molecule has 0 aromatic heterocycles. The minimum atomic E-state index is 0.611. The van der Waals surface area contributed by atoms with Gasteiger partial charge in [-0.1, -0.05) is 38.1 Å². The Balaban J connectivity index is 2.55. The third kappa shape index (κ3) is 9.09. The number of hydrogen-bond donors (Lipinski definition) is 0. The van der Waals surface area contributed by atoms with Crippen molar-refractivity contribution in [3.63, 3.8) is 0 Å². The Hall–Kier alpha value is -0.900. The molecule has 0 spiro atoms. The van der Waals surface area contributed by atoms with Crippen LogP contribution in [-0.2, 0) is 6.54 Å². The number of hydrogen-bond acceptors (Lipinski definition) is 3. The SMILES string of the molecule is CC(C)c1ccc(CN(CCCN(C)C)CCCN(C)C)cc1. The van der Waals surface area contributed by atoms with Crippen LogP contribution >= 0.6 is 0 Å². The minimum Gasteiger partial charge on any atom is -0.309 e. The van der Waals surface area contributed by atoms with E-state index in [0.29, 0.717) is 5.92 Å². The molecule has 0 fully saturated rings. The molecule has 0 aliphatic rings. The highest BCUT2D eigenvalue weighted by molar-refractivity contribution is 5.24. The van der Waals surface area contributed by atoms with Crippen LogP contribution in [0.5, 0.6) is 0 Å². The molecular formula is C20H37N3. The summed E-state index contributed by atoms with van der Waals surface area (Å²) in [5.74, 6) is 0.611. The van der Waals surface area contributed by atoms with Gasteiger partial charge in [0.2, 0.25) is 0 Å². The van der Waals surface area contributed by atoms with E-state index in [1.165, 1.54) is 37.1 Å². The van der Waals surface area contributed by atoms with E-state index in [9.17, 15) is 0 Å². The van der Waals surface area contributed by atoms with Crippen LogP contribution in [0.1, 0.15) is 43.7 Å². The van der Waals surface area contributed by atoms with Crippen LogP contribution in [0.3, 0.4) is 0 Å². The van der Waals surface area contributed by atoms with Crippen LogP contribution < -0.4 is 0 Å². The Labute approximate surface area is 144 Å². The zero-order valence-electron chi connectivity index (χ0n) is 16.2. The first kappa shape index (κ1) is 20.1. The maximum absolute atomic E-state index is 2.61. The molecule has 23 heavy (non-hydrogen) atoms. The molecule has 0 atom stereocenters. The van der Waals surface area contributed by atoms with Crippen LogP contribution in [0.15, 0.2) is 24.3 Å². The van der Waals surface area contributed by atoms with Crippen LogP contribution in [0.2, 0.25) is 0 Å². The molecule has 0 saturated carbocycles. The molecule has 0 bridgehead atoms. The fraction of sp³-hybridized carbons (Fsp3) is 0.700. The molecule has 0 aliphatic heterocycles. The van der Waals surface area contributed by atoms with Gasteiger partial charge in [-0.3, -0.25) is 4.90 Å². The molecule has 0 heterocycles. The molecule has 0 unspecified atom stereocenters. The Morgan fingerprint density at radius 1 is 0.739 bits per heavy atom. The monoisotopic (exact) mass is 319 g/mol. The summed E-state index contributed by atoms with van der Waals surface area (Å²) >= 11 is 0. The molecule has 0 saturated heterocycles. The Morgan fingerprint density at radius 2 is 1.22 bits per heavy atom. The lowest BCUT2D eigenvalue weighted by atomic mass is 10.0. The summed E-state index contributed by atoms with van der Waals surface area (Å²) in [5.41, 5.74) is 2.87. The Morgan fingerprint density at radius 3 is 1.61 bits per heavy atom. The number of nitrogens with zero attached hydrogens (tertiary/aromatic N) is 3. The van der Waals surface area contributed by atoms with Crippen molar-refractivity contribution >= 4 is 0 Å². The summed E-state index contributed by atoms with van der Waals surface area (Å²) in [4.78, 5) is 7.16. The van der Waals surface area contributed by atoms with Crippen molar-refractivity contribution in [3.8, 4) is 0 Å². The summed E-state index contributed by atoms with van der Waals surface area (Å²) in [6.45, 7) is 10.3. The van der Waals surface area contributed by atoms with Gasteiger partial charge in [0.1, 0.15) is 0 Å². The fourth-order valence-electron chi connectivity index (χ4n) is 2.76. The van der Waals surface area contributed by atoms with Gasteiger partial charge in [-0.05, 0) is 84.3 Å². The highest BCUT2D eigenvalue weighted by Gasteiger charge is 2.07. The second kappa shape index (κ2) is 10.8. The topological polar surface area (TPSA) is 9.72 Å². The van der Waals surface area contributed by atoms with Gasteiger partial charge in [-0.25, -0.2) is 0 Å². The number of rotatable bonds is 11. The average Bonchev–Trinajstić information content (AvgIpc) is 2.46. The van der Waals surface area contributed by atoms with E-state index >= 15 is 0 Å². The molecule has 3 heteroatoms. The zero-order chi connectivity index (χ0) is 17.2. The smallest absolute Gasteiger partial charge is 0.0233 e. The lowest BCUT2D eigenvalue weighted by Crippen LogP contribution is -2.30. The first-order chi connectivity index (χ1) is 10.9. The summed E-state index contributed by atoms with van der Waals surface area (Å²) in [7, 11) is 8.62. The molecule has 1 aromatic carbocycles. The molecule has 0 N–H and O–H groups in total. The van der Waals surface area contributed by atoms with Gasteiger partial charge < -0.3 is 9.80 Å². The van der Waals surface area contributed by atoms with Crippen molar-refractivity contribution in [1.82, 2.24) is 14.7 Å². The van der Waals surface area contributed by atoms with Gasteiger partial charge in [0.25, 0.3) is 0 Å². The van der Waals surface area contributed by atoms with E-state index in [-0.39, 0.29) is 0 Å². The molecule has 0 amide bonds. The van der Waals surface area contributed by atoms with Crippen molar-refractivity contribution in [2.45, 2.75) is 39.2 Å². The first-order valence-corrected chi connectivity index (χ1v) is 8.99. The van der Waals surface area contributed by atoms with E-state index in [2.05, 4.69) is 81.0 Å². The fourth-order valence-corrected chi connectivity index (χ4v) is 2.76. The predicted octanol–water partition coefficient (Wildman–Crippen LogP) is 3.52. The average molecular weight is 320 g/mol. The van der Waals surface area contributed by atoms with Crippen molar-refractivity contribution in [2.75, 3.05) is 54.4 Å². The molecule has 132 valence electrons. The van der Waals surface area contributed by atoms with E-state index < -0.39 is 0 Å². The zero-order valence-corrected chi connectivity index (χ0v) is 16.2. The van der Waals surface area contributed by atoms with Crippen molar-refractivity contribution in [3.05, 3.63) is 35.4 Å². The van der Waals surface area contributed by atoms with E-state index in [1.54, 1.807) is 0 Å². The third-order valence-corrected chi connectivity index (χ3v) is 4.21. The van der Waals surface area contributed by atoms with Gasteiger partial charge in [0.15, 0.2) is 0 Å². The molecule has 1 aromatic rings. The summed E-state index contributed by atoms with van der Waals surface area (Å²) in [6.07, 6.45) is 2.47. The van der Waals surface area contributed by atoms with Gasteiger partial charge in [0, 0.05) is 6.54 Å². The maximum Gasteiger partial charge on any atom is 0.0233 e. The molecular weight excluding hydrogens is 282 g/mol. The lowest BCUT2D eigenvalue weighted by molar-refractivity contribution is 0.234. The van der Waals surface area contributed by atoms with Gasteiger partial charge in [-0.2, -0.15) is 0 Å². The van der Waals surface area contributed by atoms with Crippen LogP contribution in [0, 0.1) is 0 Å².